The van der Waals surface area contributed by atoms with Crippen LogP contribution in [0, 0.1) is 6.92 Å². The Labute approximate surface area is 86.1 Å². The molecular weight excluding hydrogens is 172 g/mol. The summed E-state index contributed by atoms with van der Waals surface area (Å²) in [6.07, 6.45) is 3.50. The van der Waals surface area contributed by atoms with E-state index in [0.717, 1.165) is 13.0 Å². The van der Waals surface area contributed by atoms with Gasteiger partial charge in [-0.3, -0.25) is 0 Å². The zero-order valence-electron chi connectivity index (χ0n) is 9.05. The lowest BCUT2D eigenvalue weighted by Crippen LogP contribution is -2.15. The molecule has 0 bridgehead atoms. The molecule has 1 aliphatic heterocycles. The molecule has 1 fully saturated rings. The molecule has 0 aromatic heterocycles. The molecule has 0 saturated carbocycles. The van der Waals surface area contributed by atoms with E-state index in [2.05, 4.69) is 38.1 Å². The minimum Gasteiger partial charge on any atom is -0.369 e. The van der Waals surface area contributed by atoms with Crippen molar-refractivity contribution in [1.82, 2.24) is 0 Å². The molecule has 1 nitrogen and oxygen atoms in total. The Hall–Kier alpha value is -0.820. The zero-order valence-corrected chi connectivity index (χ0v) is 9.05. The maximum absolute atomic E-state index is 5.60. The normalized spacial score (nSPS) is 25.0. The van der Waals surface area contributed by atoms with Gasteiger partial charge in [-0.15, -0.1) is 0 Å². The summed E-state index contributed by atoms with van der Waals surface area (Å²) in [7, 11) is 0. The van der Waals surface area contributed by atoms with Crippen molar-refractivity contribution in [2.75, 3.05) is 6.61 Å². The van der Waals surface area contributed by atoms with Gasteiger partial charge in [-0.05, 0) is 24.5 Å². The van der Waals surface area contributed by atoms with E-state index in [1.54, 1.807) is 0 Å². The molecular formula is C13H18O. The molecule has 1 saturated heterocycles. The molecule has 1 heterocycles. The highest BCUT2D eigenvalue weighted by molar-refractivity contribution is 5.28. The summed E-state index contributed by atoms with van der Waals surface area (Å²) in [6, 6.07) is 8.61. The molecule has 1 aromatic carbocycles. The molecule has 1 unspecified atom stereocenters. The van der Waals surface area contributed by atoms with E-state index in [9.17, 15) is 0 Å². The first kappa shape index (κ1) is 9.72. The summed E-state index contributed by atoms with van der Waals surface area (Å²) < 4.78 is 5.60. The average molecular weight is 190 g/mol. The second-order valence-corrected chi connectivity index (χ2v) is 4.32. The number of epoxide rings is 1. The van der Waals surface area contributed by atoms with Crippen LogP contribution >= 0.6 is 0 Å². The average Bonchev–Trinajstić information content (AvgIpc) is 2.90. The van der Waals surface area contributed by atoms with Crippen molar-refractivity contribution in [3.63, 3.8) is 0 Å². The number of benzene rings is 1. The number of ether oxygens (including phenoxy) is 1. The van der Waals surface area contributed by atoms with E-state index in [1.807, 2.05) is 0 Å². The van der Waals surface area contributed by atoms with E-state index in [1.165, 1.54) is 24.0 Å². The highest BCUT2D eigenvalue weighted by Gasteiger charge is 2.43. The van der Waals surface area contributed by atoms with Crippen molar-refractivity contribution < 1.29 is 4.74 Å². The molecule has 0 aliphatic carbocycles. The summed E-state index contributed by atoms with van der Waals surface area (Å²) in [4.78, 5) is 0. The molecule has 1 aliphatic rings. The Balaban J connectivity index is 2.07. The monoisotopic (exact) mass is 190 g/mol. The van der Waals surface area contributed by atoms with Crippen molar-refractivity contribution >= 4 is 0 Å². The predicted molar refractivity (Wildman–Crippen MR) is 58.5 cm³/mol. The van der Waals surface area contributed by atoms with Crippen LogP contribution in [-0.4, -0.2) is 12.2 Å². The van der Waals surface area contributed by atoms with E-state index in [-0.39, 0.29) is 5.60 Å². The summed E-state index contributed by atoms with van der Waals surface area (Å²) in [5, 5.41) is 0. The maximum atomic E-state index is 5.60. The fraction of sp³-hybridized carbons (Fsp3) is 0.538. The van der Waals surface area contributed by atoms with Crippen LogP contribution in [0.5, 0.6) is 0 Å². The Bertz CT molecular complexity index is 313. The van der Waals surface area contributed by atoms with Crippen LogP contribution < -0.4 is 0 Å². The van der Waals surface area contributed by atoms with Crippen molar-refractivity contribution in [1.29, 1.82) is 0 Å². The van der Waals surface area contributed by atoms with Crippen LogP contribution in [0.3, 0.4) is 0 Å². The first-order chi connectivity index (χ1) is 6.76. The van der Waals surface area contributed by atoms with Crippen molar-refractivity contribution in [3.05, 3.63) is 35.4 Å². The molecule has 14 heavy (non-hydrogen) atoms. The topological polar surface area (TPSA) is 12.5 Å². The van der Waals surface area contributed by atoms with Crippen molar-refractivity contribution in [2.45, 2.75) is 38.7 Å². The minimum absolute atomic E-state index is 0.195. The van der Waals surface area contributed by atoms with Gasteiger partial charge < -0.3 is 4.74 Å². The van der Waals surface area contributed by atoms with Crippen LogP contribution in [0.4, 0.5) is 0 Å². The quantitative estimate of drug-likeness (QED) is 0.665. The summed E-state index contributed by atoms with van der Waals surface area (Å²) in [5.74, 6) is 0. The zero-order chi connectivity index (χ0) is 10.0. The van der Waals surface area contributed by atoms with E-state index >= 15 is 0 Å². The summed E-state index contributed by atoms with van der Waals surface area (Å²) >= 11 is 0. The van der Waals surface area contributed by atoms with Crippen LogP contribution in [0.1, 0.15) is 30.9 Å². The third-order valence-corrected chi connectivity index (χ3v) is 3.03. The van der Waals surface area contributed by atoms with Gasteiger partial charge in [0.1, 0.15) is 0 Å². The Morgan fingerprint density at radius 2 is 2.07 bits per heavy atom. The molecule has 0 radical (unpaired) electrons. The lowest BCUT2D eigenvalue weighted by molar-refractivity contribution is 0.285. The van der Waals surface area contributed by atoms with Crippen molar-refractivity contribution in [3.8, 4) is 0 Å². The highest BCUT2D eigenvalue weighted by atomic mass is 16.6. The van der Waals surface area contributed by atoms with E-state index in [4.69, 9.17) is 4.74 Å². The molecule has 0 N–H and O–H groups in total. The second-order valence-electron chi connectivity index (χ2n) is 4.32. The smallest absolute Gasteiger partial charge is 0.0956 e. The van der Waals surface area contributed by atoms with Gasteiger partial charge in [0, 0.05) is 6.42 Å². The standard InChI is InChI=1S/C13H18O/c1-3-8-13(10-14-13)9-12-7-5-4-6-11(12)2/h4-7H,3,8-10H2,1-2H3. The summed E-state index contributed by atoms with van der Waals surface area (Å²) in [5.41, 5.74) is 3.03. The largest absolute Gasteiger partial charge is 0.369 e. The third kappa shape index (κ3) is 1.98. The third-order valence-electron chi connectivity index (χ3n) is 3.03. The lowest BCUT2D eigenvalue weighted by atomic mass is 9.93. The number of rotatable bonds is 4. The molecule has 1 aromatic rings. The van der Waals surface area contributed by atoms with Crippen molar-refractivity contribution in [2.24, 2.45) is 0 Å². The van der Waals surface area contributed by atoms with Gasteiger partial charge in [-0.1, -0.05) is 37.6 Å². The van der Waals surface area contributed by atoms with Gasteiger partial charge in [-0.25, -0.2) is 0 Å². The minimum atomic E-state index is 0.195. The Kier molecular flexibility index (Phi) is 2.60. The predicted octanol–water partition coefficient (Wildman–Crippen LogP) is 3.11. The van der Waals surface area contributed by atoms with Gasteiger partial charge in [0.15, 0.2) is 0 Å². The molecule has 1 atom stereocenters. The SMILES string of the molecule is CCCC1(Cc2ccccc2C)CO1. The summed E-state index contributed by atoms with van der Waals surface area (Å²) in [6.45, 7) is 5.35. The maximum Gasteiger partial charge on any atom is 0.0956 e. The van der Waals surface area contributed by atoms with E-state index in [0.29, 0.717) is 0 Å². The first-order valence-electron chi connectivity index (χ1n) is 5.44. The number of aryl methyl sites for hydroxylation is 1. The molecule has 76 valence electrons. The molecule has 0 spiro atoms. The number of hydrogen-bond acceptors (Lipinski definition) is 1. The van der Waals surface area contributed by atoms with Gasteiger partial charge in [0.05, 0.1) is 12.2 Å². The van der Waals surface area contributed by atoms with Gasteiger partial charge >= 0.3 is 0 Å². The van der Waals surface area contributed by atoms with Crippen LogP contribution in [-0.2, 0) is 11.2 Å². The Morgan fingerprint density at radius 3 is 2.64 bits per heavy atom. The van der Waals surface area contributed by atoms with Crippen LogP contribution in [0.2, 0.25) is 0 Å². The Morgan fingerprint density at radius 1 is 1.36 bits per heavy atom. The second kappa shape index (κ2) is 3.74. The first-order valence-corrected chi connectivity index (χ1v) is 5.44. The molecule has 2 rings (SSSR count). The molecule has 0 amide bonds. The molecule has 1 heteroatoms. The number of hydrogen-bond donors (Lipinski definition) is 0. The van der Waals surface area contributed by atoms with Gasteiger partial charge in [0.2, 0.25) is 0 Å². The fourth-order valence-corrected chi connectivity index (χ4v) is 2.05. The lowest BCUT2D eigenvalue weighted by Gasteiger charge is -2.12. The van der Waals surface area contributed by atoms with E-state index < -0.39 is 0 Å². The van der Waals surface area contributed by atoms with Gasteiger partial charge in [-0.2, -0.15) is 0 Å². The van der Waals surface area contributed by atoms with Gasteiger partial charge in [0.25, 0.3) is 0 Å². The highest BCUT2D eigenvalue weighted by Crippen LogP contribution is 2.36. The van der Waals surface area contributed by atoms with Crippen LogP contribution in [0.15, 0.2) is 24.3 Å². The fourth-order valence-electron chi connectivity index (χ4n) is 2.05. The van der Waals surface area contributed by atoms with Crippen LogP contribution in [0.25, 0.3) is 0 Å².